The van der Waals surface area contributed by atoms with Crippen LogP contribution >= 0.6 is 0 Å². The fourth-order valence-electron chi connectivity index (χ4n) is 2.43. The Hall–Kier alpha value is -1.88. The maximum atomic E-state index is 12.0. The van der Waals surface area contributed by atoms with E-state index in [1.807, 2.05) is 24.3 Å². The molecule has 2 rings (SSSR count). The minimum Gasteiger partial charge on any atom is -0.465 e. The minimum absolute atomic E-state index is 0.0210. The van der Waals surface area contributed by atoms with Crippen molar-refractivity contribution in [3.8, 4) is 0 Å². The van der Waals surface area contributed by atoms with Crippen molar-refractivity contribution in [3.05, 3.63) is 29.8 Å². The summed E-state index contributed by atoms with van der Waals surface area (Å²) in [6, 6.07) is 7.68. The Kier molecular flexibility index (Phi) is 5.75. The van der Waals surface area contributed by atoms with E-state index in [0.717, 1.165) is 13.1 Å². The summed E-state index contributed by atoms with van der Waals surface area (Å²) >= 11 is 0. The Morgan fingerprint density at radius 3 is 2.43 bits per heavy atom. The third-order valence-corrected chi connectivity index (χ3v) is 3.52. The van der Waals surface area contributed by atoms with Crippen LogP contribution in [0, 0.1) is 0 Å². The Labute approximate surface area is 125 Å². The van der Waals surface area contributed by atoms with E-state index in [1.54, 1.807) is 6.92 Å². The number of hydrogen-bond acceptors (Lipinski definition) is 5. The van der Waals surface area contributed by atoms with Gasteiger partial charge in [0.2, 0.25) is 0 Å². The molecule has 5 nitrogen and oxygen atoms in total. The summed E-state index contributed by atoms with van der Waals surface area (Å²) in [6.45, 7) is 4.49. The molecule has 1 N–H and O–H groups in total. The monoisotopic (exact) mass is 290 g/mol. The second-order valence-electron chi connectivity index (χ2n) is 5.07. The lowest BCUT2D eigenvalue weighted by molar-refractivity contribution is -0.141. The van der Waals surface area contributed by atoms with Gasteiger partial charge in [-0.05, 0) is 44.0 Å². The maximum Gasteiger partial charge on any atom is 0.319 e. The van der Waals surface area contributed by atoms with E-state index in [-0.39, 0.29) is 24.8 Å². The number of rotatable bonds is 7. The molecule has 1 fully saturated rings. The van der Waals surface area contributed by atoms with Gasteiger partial charge < -0.3 is 9.64 Å². The first kappa shape index (κ1) is 15.5. The van der Waals surface area contributed by atoms with Crippen molar-refractivity contribution in [1.29, 1.82) is 0 Å². The molecule has 0 radical (unpaired) electrons. The van der Waals surface area contributed by atoms with Crippen LogP contribution in [0.25, 0.3) is 0 Å². The zero-order valence-corrected chi connectivity index (χ0v) is 12.4. The molecule has 0 bridgehead atoms. The predicted molar refractivity (Wildman–Crippen MR) is 81.7 cm³/mol. The highest BCUT2D eigenvalue weighted by atomic mass is 16.5. The van der Waals surface area contributed by atoms with Gasteiger partial charge in [-0.2, -0.15) is 0 Å². The number of benzene rings is 1. The van der Waals surface area contributed by atoms with Gasteiger partial charge in [0, 0.05) is 24.3 Å². The SMILES string of the molecule is CCOC(=O)CNCC(=O)c1ccc(N2CCCC2)cc1. The summed E-state index contributed by atoms with van der Waals surface area (Å²) in [6.07, 6.45) is 2.47. The first-order valence-electron chi connectivity index (χ1n) is 7.45. The van der Waals surface area contributed by atoms with Crippen molar-refractivity contribution >= 4 is 17.4 Å². The number of ketones is 1. The van der Waals surface area contributed by atoms with Gasteiger partial charge in [0.1, 0.15) is 0 Å². The number of esters is 1. The molecular formula is C16H22N2O3. The normalized spacial score (nSPS) is 14.2. The van der Waals surface area contributed by atoms with Gasteiger partial charge in [-0.1, -0.05) is 0 Å². The fraction of sp³-hybridized carbons (Fsp3) is 0.500. The van der Waals surface area contributed by atoms with Crippen LogP contribution in [-0.4, -0.2) is 44.5 Å². The van der Waals surface area contributed by atoms with Gasteiger partial charge in [0.15, 0.2) is 5.78 Å². The fourth-order valence-corrected chi connectivity index (χ4v) is 2.43. The van der Waals surface area contributed by atoms with Crippen LogP contribution in [-0.2, 0) is 9.53 Å². The highest BCUT2D eigenvalue weighted by Gasteiger charge is 2.13. The van der Waals surface area contributed by atoms with Crippen LogP contribution in [0.4, 0.5) is 5.69 Å². The third-order valence-electron chi connectivity index (χ3n) is 3.52. The van der Waals surface area contributed by atoms with Gasteiger partial charge in [0.05, 0.1) is 19.7 Å². The van der Waals surface area contributed by atoms with Gasteiger partial charge in [0.25, 0.3) is 0 Å². The third kappa shape index (κ3) is 4.56. The van der Waals surface area contributed by atoms with Crippen LogP contribution in [0.1, 0.15) is 30.1 Å². The summed E-state index contributed by atoms with van der Waals surface area (Å²) in [5.74, 6) is -0.359. The van der Waals surface area contributed by atoms with E-state index in [4.69, 9.17) is 4.74 Å². The molecule has 0 saturated carbocycles. The lowest BCUT2D eigenvalue weighted by atomic mass is 10.1. The van der Waals surface area contributed by atoms with Gasteiger partial charge in [-0.25, -0.2) is 0 Å². The van der Waals surface area contributed by atoms with Gasteiger partial charge in [-0.15, -0.1) is 0 Å². The van der Waals surface area contributed by atoms with E-state index in [2.05, 4.69) is 10.2 Å². The second kappa shape index (κ2) is 7.78. The molecular weight excluding hydrogens is 268 g/mol. The summed E-state index contributed by atoms with van der Waals surface area (Å²) in [5, 5.41) is 2.80. The van der Waals surface area contributed by atoms with E-state index in [9.17, 15) is 9.59 Å². The molecule has 21 heavy (non-hydrogen) atoms. The summed E-state index contributed by atoms with van der Waals surface area (Å²) in [7, 11) is 0. The molecule has 1 aromatic carbocycles. The number of nitrogens with one attached hydrogen (secondary N) is 1. The topological polar surface area (TPSA) is 58.6 Å². The van der Waals surface area contributed by atoms with Crippen LogP contribution in [0.2, 0.25) is 0 Å². The Bertz CT molecular complexity index is 479. The Balaban J connectivity index is 1.81. The molecule has 1 aliphatic rings. The van der Waals surface area contributed by atoms with Crippen molar-refractivity contribution in [2.75, 3.05) is 37.7 Å². The average molecular weight is 290 g/mol. The van der Waals surface area contributed by atoms with E-state index < -0.39 is 0 Å². The minimum atomic E-state index is -0.338. The Morgan fingerprint density at radius 1 is 1.14 bits per heavy atom. The number of ether oxygens (including phenoxy) is 1. The quantitative estimate of drug-likeness (QED) is 0.611. The molecule has 0 spiro atoms. The van der Waals surface area contributed by atoms with Crippen LogP contribution in [0.5, 0.6) is 0 Å². The molecule has 0 aliphatic carbocycles. The average Bonchev–Trinajstić information content (AvgIpc) is 3.02. The predicted octanol–water partition coefficient (Wildman–Crippen LogP) is 1.62. The smallest absolute Gasteiger partial charge is 0.319 e. The largest absolute Gasteiger partial charge is 0.465 e. The number of hydrogen-bond donors (Lipinski definition) is 1. The van der Waals surface area contributed by atoms with Crippen molar-refractivity contribution in [2.45, 2.75) is 19.8 Å². The highest BCUT2D eigenvalue weighted by Crippen LogP contribution is 2.20. The van der Waals surface area contributed by atoms with E-state index in [1.165, 1.54) is 18.5 Å². The lowest BCUT2D eigenvalue weighted by Crippen LogP contribution is -2.29. The summed E-state index contributed by atoms with van der Waals surface area (Å²) in [4.78, 5) is 25.5. The first-order valence-corrected chi connectivity index (χ1v) is 7.45. The van der Waals surface area contributed by atoms with E-state index >= 15 is 0 Å². The van der Waals surface area contributed by atoms with Crippen LogP contribution < -0.4 is 10.2 Å². The number of Topliss-reactive ketones (excluding diaryl/α,β-unsaturated/α-hetero) is 1. The van der Waals surface area contributed by atoms with Crippen molar-refractivity contribution in [2.24, 2.45) is 0 Å². The van der Waals surface area contributed by atoms with Gasteiger partial charge in [-0.3, -0.25) is 14.9 Å². The summed E-state index contributed by atoms with van der Waals surface area (Å²) < 4.78 is 4.78. The lowest BCUT2D eigenvalue weighted by Gasteiger charge is -2.17. The second-order valence-corrected chi connectivity index (χ2v) is 5.07. The molecule has 1 heterocycles. The van der Waals surface area contributed by atoms with Crippen molar-refractivity contribution < 1.29 is 14.3 Å². The maximum absolute atomic E-state index is 12.0. The zero-order valence-electron chi connectivity index (χ0n) is 12.4. The van der Waals surface area contributed by atoms with Gasteiger partial charge >= 0.3 is 5.97 Å². The molecule has 0 amide bonds. The molecule has 0 unspecified atom stereocenters. The van der Waals surface area contributed by atoms with Crippen LogP contribution in [0.3, 0.4) is 0 Å². The standard InChI is InChI=1S/C16H22N2O3/c1-2-21-16(20)12-17-11-15(19)13-5-7-14(8-6-13)18-9-3-4-10-18/h5-8,17H,2-4,9-12H2,1H3. The number of nitrogens with zero attached hydrogens (tertiary/aromatic N) is 1. The molecule has 0 atom stereocenters. The van der Waals surface area contributed by atoms with Crippen molar-refractivity contribution in [1.82, 2.24) is 5.32 Å². The first-order chi connectivity index (χ1) is 10.2. The zero-order chi connectivity index (χ0) is 15.1. The Morgan fingerprint density at radius 2 is 1.81 bits per heavy atom. The summed E-state index contributed by atoms with van der Waals surface area (Å²) in [5.41, 5.74) is 1.83. The molecule has 114 valence electrons. The number of carbonyl (C=O) groups is 2. The molecule has 1 saturated heterocycles. The van der Waals surface area contributed by atoms with Crippen LogP contribution in [0.15, 0.2) is 24.3 Å². The molecule has 1 aliphatic heterocycles. The number of anilines is 1. The molecule has 1 aromatic rings. The van der Waals surface area contributed by atoms with Crippen molar-refractivity contribution in [3.63, 3.8) is 0 Å². The molecule has 5 heteroatoms. The van der Waals surface area contributed by atoms with E-state index in [0.29, 0.717) is 12.2 Å². The highest BCUT2D eigenvalue weighted by molar-refractivity contribution is 5.98. The number of carbonyl (C=O) groups excluding carboxylic acids is 2. The molecule has 0 aromatic heterocycles.